The van der Waals surface area contributed by atoms with Gasteiger partial charge in [0.2, 0.25) is 0 Å². The number of hydrogen-bond donors (Lipinski definition) is 2. The molecule has 0 radical (unpaired) electrons. The molecule has 0 heterocycles. The number of aryl methyl sites for hydroxylation is 1. The third-order valence-corrected chi connectivity index (χ3v) is 2.62. The van der Waals surface area contributed by atoms with E-state index < -0.39 is 0 Å². The van der Waals surface area contributed by atoms with Gasteiger partial charge in [0.1, 0.15) is 5.75 Å². The summed E-state index contributed by atoms with van der Waals surface area (Å²) in [6.07, 6.45) is 0. The van der Waals surface area contributed by atoms with E-state index in [4.69, 9.17) is 10.5 Å². The summed E-state index contributed by atoms with van der Waals surface area (Å²) in [5.74, 6) is 0.939. The Hall–Kier alpha value is -0.670. The molecule has 0 saturated carbocycles. The van der Waals surface area contributed by atoms with Crippen LogP contribution in [0.15, 0.2) is 18.2 Å². The van der Waals surface area contributed by atoms with E-state index in [1.165, 1.54) is 0 Å². The molecular formula is C11H17NOS. The monoisotopic (exact) mass is 211 g/mol. The second-order valence-electron chi connectivity index (χ2n) is 3.21. The lowest BCUT2D eigenvalue weighted by Crippen LogP contribution is -2.07. The molecule has 14 heavy (non-hydrogen) atoms. The van der Waals surface area contributed by atoms with Gasteiger partial charge in [-0.15, -0.1) is 0 Å². The fraction of sp³-hybridized carbons (Fsp3) is 0.455. The summed E-state index contributed by atoms with van der Waals surface area (Å²) in [7, 11) is 0. The minimum atomic E-state index is 0.115. The largest absolute Gasteiger partial charge is 0.494 e. The molecule has 0 saturated heterocycles. The molecule has 0 aliphatic heterocycles. The van der Waals surface area contributed by atoms with Gasteiger partial charge in [-0.25, -0.2) is 0 Å². The van der Waals surface area contributed by atoms with Crippen molar-refractivity contribution in [3.63, 3.8) is 0 Å². The molecule has 0 aromatic heterocycles. The maximum Gasteiger partial charge on any atom is 0.122 e. The second-order valence-corrected chi connectivity index (χ2v) is 3.83. The fourth-order valence-corrected chi connectivity index (χ4v) is 1.49. The minimum Gasteiger partial charge on any atom is -0.494 e. The minimum absolute atomic E-state index is 0.115. The summed E-state index contributed by atoms with van der Waals surface area (Å²) in [4.78, 5) is 0. The highest BCUT2D eigenvalue weighted by Crippen LogP contribution is 2.25. The topological polar surface area (TPSA) is 35.2 Å². The molecule has 0 aliphatic carbocycles. The van der Waals surface area contributed by atoms with Gasteiger partial charge in [-0.05, 0) is 31.0 Å². The predicted molar refractivity (Wildman–Crippen MR) is 63.1 cm³/mol. The first-order valence-electron chi connectivity index (χ1n) is 4.80. The number of nitrogens with two attached hydrogens (primary N) is 1. The van der Waals surface area contributed by atoms with Crippen LogP contribution >= 0.6 is 12.6 Å². The normalized spacial score (nSPS) is 12.6. The first-order valence-corrected chi connectivity index (χ1v) is 5.32. The van der Waals surface area contributed by atoms with Crippen LogP contribution in [0, 0.1) is 6.92 Å². The molecule has 0 bridgehead atoms. The van der Waals surface area contributed by atoms with E-state index in [1.807, 2.05) is 26.0 Å². The third kappa shape index (κ3) is 2.66. The molecule has 0 spiro atoms. The van der Waals surface area contributed by atoms with Crippen molar-refractivity contribution in [2.24, 2.45) is 5.73 Å². The number of rotatable bonds is 4. The van der Waals surface area contributed by atoms with Crippen molar-refractivity contribution in [2.75, 3.05) is 13.2 Å². The Balaban J connectivity index is 2.88. The van der Waals surface area contributed by atoms with Crippen molar-refractivity contribution < 1.29 is 4.74 Å². The van der Waals surface area contributed by atoms with Crippen LogP contribution in [0.4, 0.5) is 0 Å². The van der Waals surface area contributed by atoms with Crippen LogP contribution in [0.25, 0.3) is 0 Å². The van der Waals surface area contributed by atoms with E-state index in [0.29, 0.717) is 13.2 Å². The molecule has 0 amide bonds. The molecule has 2 N–H and O–H groups in total. The number of ether oxygens (including phenoxy) is 1. The lowest BCUT2D eigenvalue weighted by molar-refractivity contribution is 0.338. The summed E-state index contributed by atoms with van der Waals surface area (Å²) in [5, 5.41) is 0.115. The first kappa shape index (κ1) is 11.4. The van der Waals surface area contributed by atoms with Gasteiger partial charge >= 0.3 is 0 Å². The van der Waals surface area contributed by atoms with Gasteiger partial charge in [-0.1, -0.05) is 12.1 Å². The number of benzene rings is 1. The van der Waals surface area contributed by atoms with E-state index in [2.05, 4.69) is 18.7 Å². The Bertz CT molecular complexity index is 301. The zero-order valence-corrected chi connectivity index (χ0v) is 9.55. The molecule has 2 nitrogen and oxygen atoms in total. The molecule has 0 fully saturated rings. The summed E-state index contributed by atoms with van der Waals surface area (Å²) in [6, 6.07) is 6.07. The Morgan fingerprint density at radius 2 is 2.21 bits per heavy atom. The van der Waals surface area contributed by atoms with Crippen molar-refractivity contribution in [3.05, 3.63) is 29.3 Å². The number of thiol groups is 1. The quantitative estimate of drug-likeness (QED) is 0.750. The Labute approximate surface area is 90.9 Å². The van der Waals surface area contributed by atoms with E-state index >= 15 is 0 Å². The van der Waals surface area contributed by atoms with Crippen LogP contribution in [0.3, 0.4) is 0 Å². The average molecular weight is 211 g/mol. The average Bonchev–Trinajstić information content (AvgIpc) is 2.20. The SMILES string of the molecule is CCOc1ccc(C(S)CN)cc1C. The van der Waals surface area contributed by atoms with E-state index in [9.17, 15) is 0 Å². The van der Waals surface area contributed by atoms with Crippen LogP contribution in [-0.4, -0.2) is 13.2 Å². The van der Waals surface area contributed by atoms with E-state index in [0.717, 1.165) is 16.9 Å². The predicted octanol–water partition coefficient (Wildman–Crippen LogP) is 2.32. The standard InChI is InChI=1S/C11H17NOS/c1-3-13-10-5-4-9(6-8(10)2)11(14)7-12/h4-6,11,14H,3,7,12H2,1-2H3. The lowest BCUT2D eigenvalue weighted by Gasteiger charge is -2.12. The molecule has 1 atom stereocenters. The molecule has 0 aliphatic rings. The zero-order valence-electron chi connectivity index (χ0n) is 8.66. The van der Waals surface area contributed by atoms with Gasteiger partial charge < -0.3 is 10.5 Å². The molecule has 78 valence electrons. The maximum atomic E-state index is 5.54. The summed E-state index contributed by atoms with van der Waals surface area (Å²) < 4.78 is 5.45. The highest BCUT2D eigenvalue weighted by atomic mass is 32.1. The van der Waals surface area contributed by atoms with Gasteiger partial charge in [0, 0.05) is 11.8 Å². The van der Waals surface area contributed by atoms with Gasteiger partial charge in [0.05, 0.1) is 6.61 Å². The summed E-state index contributed by atoms with van der Waals surface area (Å²) in [5.41, 5.74) is 7.83. The first-order chi connectivity index (χ1) is 6.69. The molecule has 1 aromatic rings. The van der Waals surface area contributed by atoms with Crippen molar-refractivity contribution in [1.82, 2.24) is 0 Å². The Morgan fingerprint density at radius 1 is 1.50 bits per heavy atom. The number of hydrogen-bond acceptors (Lipinski definition) is 3. The zero-order chi connectivity index (χ0) is 10.6. The van der Waals surface area contributed by atoms with Gasteiger partial charge in [0.15, 0.2) is 0 Å². The third-order valence-electron chi connectivity index (χ3n) is 2.11. The fourth-order valence-electron chi connectivity index (χ4n) is 1.33. The van der Waals surface area contributed by atoms with Crippen molar-refractivity contribution in [1.29, 1.82) is 0 Å². The molecule has 3 heteroatoms. The van der Waals surface area contributed by atoms with Crippen LogP contribution < -0.4 is 10.5 Å². The highest BCUT2D eigenvalue weighted by molar-refractivity contribution is 7.80. The summed E-state index contributed by atoms with van der Waals surface area (Å²) in [6.45, 7) is 5.26. The van der Waals surface area contributed by atoms with Crippen LogP contribution in [0.2, 0.25) is 0 Å². The smallest absolute Gasteiger partial charge is 0.122 e. The molecule has 1 rings (SSSR count). The van der Waals surface area contributed by atoms with E-state index in [1.54, 1.807) is 0 Å². The van der Waals surface area contributed by atoms with Gasteiger partial charge in [-0.2, -0.15) is 12.6 Å². The van der Waals surface area contributed by atoms with Crippen LogP contribution in [0.5, 0.6) is 5.75 Å². The van der Waals surface area contributed by atoms with Crippen molar-refractivity contribution in [3.8, 4) is 5.75 Å². The van der Waals surface area contributed by atoms with Gasteiger partial charge in [0.25, 0.3) is 0 Å². The summed E-state index contributed by atoms with van der Waals surface area (Å²) >= 11 is 4.39. The molecule has 1 aromatic carbocycles. The van der Waals surface area contributed by atoms with Crippen molar-refractivity contribution >= 4 is 12.6 Å². The Kier molecular flexibility index (Phi) is 4.29. The molecule has 1 unspecified atom stereocenters. The Morgan fingerprint density at radius 3 is 2.71 bits per heavy atom. The van der Waals surface area contributed by atoms with Crippen molar-refractivity contribution in [2.45, 2.75) is 19.1 Å². The second kappa shape index (κ2) is 5.27. The highest BCUT2D eigenvalue weighted by Gasteiger charge is 2.06. The van der Waals surface area contributed by atoms with Gasteiger partial charge in [-0.3, -0.25) is 0 Å². The maximum absolute atomic E-state index is 5.54. The van der Waals surface area contributed by atoms with E-state index in [-0.39, 0.29) is 5.25 Å². The molecular weight excluding hydrogens is 194 g/mol. The van der Waals surface area contributed by atoms with Crippen LogP contribution in [0.1, 0.15) is 23.3 Å². The lowest BCUT2D eigenvalue weighted by atomic mass is 10.1. The van der Waals surface area contributed by atoms with Crippen LogP contribution in [-0.2, 0) is 0 Å².